The lowest BCUT2D eigenvalue weighted by atomic mass is 10.1. The lowest BCUT2D eigenvalue weighted by Gasteiger charge is -2.29. The van der Waals surface area contributed by atoms with Gasteiger partial charge in [0.1, 0.15) is 0 Å². The van der Waals surface area contributed by atoms with Crippen LogP contribution in [-0.2, 0) is 11.3 Å². The Morgan fingerprint density at radius 3 is 2.64 bits per heavy atom. The molecule has 3 rings (SSSR count). The number of rotatable bonds is 4. The number of amidine groups is 1. The number of nitrogens with zero attached hydrogens (tertiary/aromatic N) is 2. The molecule has 4 nitrogen and oxygen atoms in total. The smallest absolute Gasteiger partial charge is 0.233 e. The minimum atomic E-state index is -0.247. The van der Waals surface area contributed by atoms with Crippen LogP contribution in [0.2, 0.25) is 0 Å². The Morgan fingerprint density at radius 2 is 1.88 bits per heavy atom. The maximum Gasteiger partial charge on any atom is 0.233 e. The second-order valence-corrected chi connectivity index (χ2v) is 7.19. The molecule has 0 saturated heterocycles. The van der Waals surface area contributed by atoms with Gasteiger partial charge in [-0.3, -0.25) is 4.79 Å². The molecule has 1 amide bonds. The van der Waals surface area contributed by atoms with Crippen molar-refractivity contribution < 1.29 is 4.79 Å². The number of carbonyl (C=O) groups is 1. The molecule has 1 aliphatic heterocycles. The van der Waals surface area contributed by atoms with Crippen molar-refractivity contribution in [3.05, 3.63) is 72.3 Å². The van der Waals surface area contributed by atoms with Crippen molar-refractivity contribution in [1.82, 2.24) is 10.2 Å². The third-order valence-electron chi connectivity index (χ3n) is 4.08. The Morgan fingerprint density at radius 1 is 1.20 bits per heavy atom. The molecule has 1 heterocycles. The lowest BCUT2D eigenvalue weighted by Crippen LogP contribution is -2.34. The Labute approximate surface area is 152 Å². The monoisotopic (exact) mass is 351 g/mol. The van der Waals surface area contributed by atoms with Gasteiger partial charge in [0.15, 0.2) is 5.17 Å². The van der Waals surface area contributed by atoms with Crippen molar-refractivity contribution in [2.24, 2.45) is 4.99 Å². The minimum Gasteiger partial charge on any atom is -0.351 e. The standard InChI is InChI=1S/C20H21N3OS/c1-14-17-11-7-8-12-18(17)22-20(23(14)3)25-15(2)19(24)21-13-16-9-5-4-6-10-16/h4-12,15H,1,13H2,2-3H3,(H,21,24)/t15-/m1/s1. The number of aliphatic imine (C=N–C) groups is 1. The molecule has 2 aromatic rings. The van der Waals surface area contributed by atoms with E-state index in [2.05, 4.69) is 16.9 Å². The van der Waals surface area contributed by atoms with E-state index in [1.165, 1.54) is 11.8 Å². The molecule has 1 atom stereocenters. The number of amides is 1. The second-order valence-electron chi connectivity index (χ2n) is 5.88. The van der Waals surface area contributed by atoms with E-state index in [1.807, 2.05) is 73.5 Å². The van der Waals surface area contributed by atoms with Crippen LogP contribution in [0.25, 0.3) is 5.70 Å². The number of carbonyl (C=O) groups excluding carboxylic acids is 1. The first-order chi connectivity index (χ1) is 12.1. The average molecular weight is 351 g/mol. The van der Waals surface area contributed by atoms with Crippen molar-refractivity contribution in [3.8, 4) is 0 Å². The highest BCUT2D eigenvalue weighted by atomic mass is 32.2. The van der Waals surface area contributed by atoms with E-state index in [0.29, 0.717) is 6.54 Å². The first kappa shape index (κ1) is 17.3. The van der Waals surface area contributed by atoms with E-state index in [1.54, 1.807) is 0 Å². The number of thioether (sulfide) groups is 1. The quantitative estimate of drug-likeness (QED) is 0.904. The van der Waals surface area contributed by atoms with Gasteiger partial charge in [-0.25, -0.2) is 4.99 Å². The molecular formula is C20H21N3OS. The van der Waals surface area contributed by atoms with E-state index in [0.717, 1.165) is 27.7 Å². The van der Waals surface area contributed by atoms with Crippen LogP contribution in [0.4, 0.5) is 5.69 Å². The van der Waals surface area contributed by atoms with Crippen LogP contribution < -0.4 is 5.32 Å². The summed E-state index contributed by atoms with van der Waals surface area (Å²) in [5, 5.41) is 3.51. The SMILES string of the molecule is C=C1c2ccccc2N=C(S[C@H](C)C(=O)NCc2ccccc2)N1C. The van der Waals surface area contributed by atoms with Crippen molar-refractivity contribution >= 4 is 34.2 Å². The predicted octanol–water partition coefficient (Wildman–Crippen LogP) is 4.03. The van der Waals surface area contributed by atoms with Crippen LogP contribution in [0.15, 0.2) is 66.2 Å². The summed E-state index contributed by atoms with van der Waals surface area (Å²) in [5.74, 6) is -0.00516. The van der Waals surface area contributed by atoms with Crippen LogP contribution in [0.3, 0.4) is 0 Å². The van der Waals surface area contributed by atoms with Crippen LogP contribution in [0, 0.1) is 0 Å². The fraction of sp³-hybridized carbons (Fsp3) is 0.200. The first-order valence-corrected chi connectivity index (χ1v) is 9.03. The number of benzene rings is 2. The van der Waals surface area contributed by atoms with Crippen molar-refractivity contribution in [2.45, 2.75) is 18.7 Å². The number of para-hydroxylation sites is 1. The van der Waals surface area contributed by atoms with Gasteiger partial charge in [0.25, 0.3) is 0 Å². The van der Waals surface area contributed by atoms with E-state index in [9.17, 15) is 4.79 Å². The number of nitrogens with one attached hydrogen (secondary N) is 1. The lowest BCUT2D eigenvalue weighted by molar-refractivity contribution is -0.120. The number of fused-ring (bicyclic) bond motifs is 1. The first-order valence-electron chi connectivity index (χ1n) is 8.15. The number of hydrogen-bond donors (Lipinski definition) is 1. The molecule has 0 fully saturated rings. The Hall–Kier alpha value is -2.53. The second kappa shape index (κ2) is 7.57. The highest BCUT2D eigenvalue weighted by Gasteiger charge is 2.24. The van der Waals surface area contributed by atoms with Crippen LogP contribution >= 0.6 is 11.8 Å². The third-order valence-corrected chi connectivity index (χ3v) is 5.23. The van der Waals surface area contributed by atoms with Gasteiger partial charge in [-0.15, -0.1) is 0 Å². The van der Waals surface area contributed by atoms with Gasteiger partial charge in [-0.05, 0) is 18.6 Å². The normalized spacial score (nSPS) is 14.6. The minimum absolute atomic E-state index is 0.00516. The number of hydrogen-bond acceptors (Lipinski definition) is 4. The summed E-state index contributed by atoms with van der Waals surface area (Å²) in [6, 6.07) is 17.8. The van der Waals surface area contributed by atoms with Gasteiger partial charge in [0.05, 0.1) is 10.9 Å². The largest absolute Gasteiger partial charge is 0.351 e. The van der Waals surface area contributed by atoms with Gasteiger partial charge < -0.3 is 10.2 Å². The summed E-state index contributed by atoms with van der Waals surface area (Å²) in [6.45, 7) is 6.57. The molecule has 5 heteroatoms. The Bertz CT molecular complexity index is 817. The molecule has 25 heavy (non-hydrogen) atoms. The van der Waals surface area contributed by atoms with Gasteiger partial charge in [-0.2, -0.15) is 0 Å². The summed E-state index contributed by atoms with van der Waals surface area (Å²) in [7, 11) is 1.93. The zero-order valence-electron chi connectivity index (χ0n) is 14.4. The Kier molecular flexibility index (Phi) is 5.24. The fourth-order valence-electron chi connectivity index (χ4n) is 2.54. The molecule has 1 N–H and O–H groups in total. The van der Waals surface area contributed by atoms with Crippen LogP contribution in [0.1, 0.15) is 18.1 Å². The zero-order chi connectivity index (χ0) is 17.8. The van der Waals surface area contributed by atoms with Gasteiger partial charge in [0, 0.05) is 24.9 Å². The summed E-state index contributed by atoms with van der Waals surface area (Å²) >= 11 is 1.44. The van der Waals surface area contributed by atoms with Gasteiger partial charge in [0.2, 0.25) is 5.91 Å². The third kappa shape index (κ3) is 3.94. The summed E-state index contributed by atoms with van der Waals surface area (Å²) in [5.41, 5.74) is 3.90. The maximum absolute atomic E-state index is 12.4. The molecule has 0 spiro atoms. The van der Waals surface area contributed by atoms with Crippen LogP contribution in [-0.4, -0.2) is 28.3 Å². The molecular weight excluding hydrogens is 330 g/mol. The highest BCUT2D eigenvalue weighted by molar-refractivity contribution is 8.14. The summed E-state index contributed by atoms with van der Waals surface area (Å²) in [4.78, 5) is 19.0. The highest BCUT2D eigenvalue weighted by Crippen LogP contribution is 2.35. The van der Waals surface area contributed by atoms with Crippen molar-refractivity contribution in [1.29, 1.82) is 0 Å². The fourth-order valence-corrected chi connectivity index (χ4v) is 3.46. The maximum atomic E-state index is 12.4. The molecule has 0 bridgehead atoms. The van der Waals surface area contributed by atoms with E-state index < -0.39 is 0 Å². The topological polar surface area (TPSA) is 44.7 Å². The summed E-state index contributed by atoms with van der Waals surface area (Å²) < 4.78 is 0. The molecule has 128 valence electrons. The molecule has 0 saturated carbocycles. The van der Waals surface area contributed by atoms with Crippen molar-refractivity contribution in [2.75, 3.05) is 7.05 Å². The average Bonchev–Trinajstić information content (AvgIpc) is 2.64. The van der Waals surface area contributed by atoms with E-state index in [4.69, 9.17) is 0 Å². The molecule has 1 aliphatic rings. The Balaban J connectivity index is 1.66. The van der Waals surface area contributed by atoms with Gasteiger partial charge >= 0.3 is 0 Å². The molecule has 0 unspecified atom stereocenters. The molecule has 0 aliphatic carbocycles. The molecule has 2 aromatic carbocycles. The van der Waals surface area contributed by atoms with Crippen molar-refractivity contribution in [3.63, 3.8) is 0 Å². The molecule has 0 radical (unpaired) electrons. The van der Waals surface area contributed by atoms with Crippen LogP contribution in [0.5, 0.6) is 0 Å². The predicted molar refractivity (Wildman–Crippen MR) is 106 cm³/mol. The van der Waals surface area contributed by atoms with E-state index >= 15 is 0 Å². The zero-order valence-corrected chi connectivity index (χ0v) is 15.2. The van der Waals surface area contributed by atoms with Gasteiger partial charge in [-0.1, -0.05) is 66.9 Å². The molecule has 0 aromatic heterocycles. The summed E-state index contributed by atoms with van der Waals surface area (Å²) in [6.07, 6.45) is 0. The van der Waals surface area contributed by atoms with E-state index in [-0.39, 0.29) is 11.2 Å².